The lowest BCUT2D eigenvalue weighted by Gasteiger charge is -2.12. The molecule has 0 spiro atoms. The van der Waals surface area contributed by atoms with E-state index in [0.717, 1.165) is 11.8 Å². The summed E-state index contributed by atoms with van der Waals surface area (Å²) < 4.78 is 0. The Hall–Kier alpha value is -3.46. The Balaban J connectivity index is 1.91. The predicted octanol–water partition coefficient (Wildman–Crippen LogP) is 2.58. The molecule has 0 aliphatic carbocycles. The first-order chi connectivity index (χ1) is 13.4. The third-order valence-electron chi connectivity index (χ3n) is 3.91. The number of carbonyl (C=O) groups is 2. The molecule has 1 heterocycles. The van der Waals surface area contributed by atoms with Crippen LogP contribution in [0.2, 0.25) is 0 Å². The Morgan fingerprint density at radius 1 is 1.25 bits per heavy atom. The quantitative estimate of drug-likeness (QED) is 0.436. The largest absolute Gasteiger partial charge is 0.545 e. The second-order valence-corrected chi connectivity index (χ2v) is 6.75. The highest BCUT2D eigenvalue weighted by molar-refractivity contribution is 8.18. The number of likely N-dealkylation sites (N-methyl/N-ethyl adjacent to an activating group) is 1. The molecular formula is C19H14N3O5S-. The number of amidine groups is 1. The Kier molecular flexibility index (Phi) is 5.55. The minimum atomic E-state index is -1.28. The molecule has 2 aromatic carbocycles. The average Bonchev–Trinajstić information content (AvgIpc) is 2.96. The molecule has 1 amide bonds. The Bertz CT molecular complexity index is 1010. The van der Waals surface area contributed by atoms with Gasteiger partial charge in [-0.05, 0) is 48.0 Å². The second-order valence-electron chi connectivity index (χ2n) is 5.74. The standard InChI is InChI=1S/C19H15N3O5S/c1-2-21-17(23)16(11-12-4-3-5-15(10-12)22(26)27)28-19(21)20-14-8-6-13(7-9-14)18(24)25/h3-11H,2H2,1H3,(H,24,25)/p-1/b16-11+,20-19?. The summed E-state index contributed by atoms with van der Waals surface area (Å²) in [6.07, 6.45) is 1.59. The monoisotopic (exact) mass is 396 g/mol. The number of hydrogen-bond donors (Lipinski definition) is 0. The molecule has 9 heteroatoms. The lowest BCUT2D eigenvalue weighted by Crippen LogP contribution is -2.28. The maximum Gasteiger partial charge on any atom is 0.270 e. The van der Waals surface area contributed by atoms with Gasteiger partial charge in [0.2, 0.25) is 0 Å². The molecule has 142 valence electrons. The molecule has 0 unspecified atom stereocenters. The zero-order chi connectivity index (χ0) is 20.3. The summed E-state index contributed by atoms with van der Waals surface area (Å²) in [5, 5.41) is 22.2. The molecular weight excluding hydrogens is 382 g/mol. The molecule has 8 nitrogen and oxygen atoms in total. The van der Waals surface area contributed by atoms with Crippen molar-refractivity contribution in [1.82, 2.24) is 4.90 Å². The topological polar surface area (TPSA) is 116 Å². The van der Waals surface area contributed by atoms with Crippen LogP contribution in [-0.2, 0) is 4.79 Å². The number of amides is 1. The summed E-state index contributed by atoms with van der Waals surface area (Å²) in [6.45, 7) is 2.21. The SMILES string of the molecule is CCN1C(=O)/C(=C\c2cccc([N+](=O)[O-])c2)SC1=Nc1ccc(C(=O)[O-])cc1. The van der Waals surface area contributed by atoms with Gasteiger partial charge in [-0.25, -0.2) is 4.99 Å². The fourth-order valence-corrected chi connectivity index (χ4v) is 3.59. The van der Waals surface area contributed by atoms with Crippen LogP contribution < -0.4 is 5.11 Å². The van der Waals surface area contributed by atoms with E-state index in [1.54, 1.807) is 18.2 Å². The molecule has 0 bridgehead atoms. The second kappa shape index (κ2) is 8.05. The van der Waals surface area contributed by atoms with Crippen LogP contribution in [0.15, 0.2) is 58.4 Å². The van der Waals surface area contributed by atoms with Gasteiger partial charge in [0, 0.05) is 18.7 Å². The molecule has 1 aliphatic heterocycles. The zero-order valence-corrected chi connectivity index (χ0v) is 15.5. The fraction of sp³-hybridized carbons (Fsp3) is 0.105. The fourth-order valence-electron chi connectivity index (χ4n) is 2.53. The van der Waals surface area contributed by atoms with Crippen molar-refractivity contribution in [1.29, 1.82) is 0 Å². The van der Waals surface area contributed by atoms with Crippen LogP contribution in [0.3, 0.4) is 0 Å². The van der Waals surface area contributed by atoms with Gasteiger partial charge in [-0.3, -0.25) is 19.8 Å². The Labute approximate surface area is 164 Å². The number of carboxylic acid groups (broad SMARTS) is 1. The van der Waals surface area contributed by atoms with Gasteiger partial charge >= 0.3 is 0 Å². The first kappa shape index (κ1) is 19.3. The van der Waals surface area contributed by atoms with Gasteiger partial charge < -0.3 is 9.90 Å². The van der Waals surface area contributed by atoms with E-state index < -0.39 is 10.9 Å². The van der Waals surface area contributed by atoms with Crippen LogP contribution in [0.25, 0.3) is 6.08 Å². The molecule has 1 fully saturated rings. The van der Waals surface area contributed by atoms with Gasteiger partial charge in [-0.15, -0.1) is 0 Å². The van der Waals surface area contributed by atoms with Crippen molar-refractivity contribution in [2.24, 2.45) is 4.99 Å². The molecule has 2 aromatic rings. The number of thioether (sulfide) groups is 1. The van der Waals surface area contributed by atoms with Crippen molar-refractivity contribution < 1.29 is 19.6 Å². The highest BCUT2D eigenvalue weighted by Crippen LogP contribution is 2.34. The van der Waals surface area contributed by atoms with E-state index in [9.17, 15) is 24.8 Å². The van der Waals surface area contributed by atoms with E-state index in [2.05, 4.69) is 4.99 Å². The smallest absolute Gasteiger partial charge is 0.270 e. The third-order valence-corrected chi connectivity index (χ3v) is 4.92. The first-order valence-corrected chi connectivity index (χ1v) is 9.06. The van der Waals surface area contributed by atoms with Crippen LogP contribution in [0.5, 0.6) is 0 Å². The Morgan fingerprint density at radius 2 is 1.96 bits per heavy atom. The number of benzene rings is 2. The van der Waals surface area contributed by atoms with E-state index in [-0.39, 0.29) is 17.2 Å². The number of non-ortho nitro benzene ring substituents is 1. The highest BCUT2D eigenvalue weighted by atomic mass is 32.2. The molecule has 3 rings (SSSR count). The van der Waals surface area contributed by atoms with Crippen LogP contribution in [0.4, 0.5) is 11.4 Å². The van der Waals surface area contributed by atoms with Crippen molar-refractivity contribution in [3.8, 4) is 0 Å². The molecule has 28 heavy (non-hydrogen) atoms. The number of hydrogen-bond acceptors (Lipinski definition) is 7. The number of carboxylic acids is 1. The lowest BCUT2D eigenvalue weighted by molar-refractivity contribution is -0.384. The minimum Gasteiger partial charge on any atom is -0.545 e. The molecule has 0 radical (unpaired) electrons. The molecule has 1 aliphatic rings. The van der Waals surface area contributed by atoms with E-state index in [1.807, 2.05) is 6.92 Å². The Morgan fingerprint density at radius 3 is 2.57 bits per heavy atom. The number of nitro benzene ring substituents is 1. The van der Waals surface area contributed by atoms with Crippen molar-refractivity contribution >= 4 is 46.3 Å². The maximum absolute atomic E-state index is 12.6. The number of aromatic carboxylic acids is 1. The van der Waals surface area contributed by atoms with Gasteiger partial charge in [0.15, 0.2) is 5.17 Å². The summed E-state index contributed by atoms with van der Waals surface area (Å²) in [5.41, 5.74) is 1.02. The number of nitro groups is 1. The van der Waals surface area contributed by atoms with Gasteiger partial charge in [-0.2, -0.15) is 0 Å². The van der Waals surface area contributed by atoms with Crippen LogP contribution in [-0.4, -0.2) is 33.4 Å². The van der Waals surface area contributed by atoms with Gasteiger partial charge in [0.25, 0.3) is 11.6 Å². The number of aliphatic imine (C=N–C) groups is 1. The summed E-state index contributed by atoms with van der Waals surface area (Å²) in [7, 11) is 0. The summed E-state index contributed by atoms with van der Waals surface area (Å²) in [6, 6.07) is 11.8. The van der Waals surface area contributed by atoms with Crippen molar-refractivity contribution in [2.75, 3.05) is 6.54 Å². The van der Waals surface area contributed by atoms with Crippen molar-refractivity contribution in [3.63, 3.8) is 0 Å². The molecule has 0 N–H and O–H groups in total. The maximum atomic E-state index is 12.6. The summed E-state index contributed by atoms with van der Waals surface area (Å²) in [5.74, 6) is -1.52. The van der Waals surface area contributed by atoms with E-state index in [1.165, 1.54) is 41.3 Å². The van der Waals surface area contributed by atoms with Crippen LogP contribution in [0.1, 0.15) is 22.8 Å². The summed E-state index contributed by atoms with van der Waals surface area (Å²) in [4.78, 5) is 40.2. The first-order valence-electron chi connectivity index (χ1n) is 8.25. The van der Waals surface area contributed by atoms with Gasteiger partial charge in [-0.1, -0.05) is 24.3 Å². The van der Waals surface area contributed by atoms with E-state index in [0.29, 0.717) is 27.9 Å². The van der Waals surface area contributed by atoms with Crippen LogP contribution >= 0.6 is 11.8 Å². The lowest BCUT2D eigenvalue weighted by atomic mass is 10.2. The van der Waals surface area contributed by atoms with Gasteiger partial charge in [0.1, 0.15) is 0 Å². The molecule has 0 saturated carbocycles. The van der Waals surface area contributed by atoms with Crippen molar-refractivity contribution in [3.05, 3.63) is 74.7 Å². The highest BCUT2D eigenvalue weighted by Gasteiger charge is 2.32. The predicted molar refractivity (Wildman–Crippen MR) is 104 cm³/mol. The number of carbonyl (C=O) groups excluding carboxylic acids is 2. The van der Waals surface area contributed by atoms with Gasteiger partial charge in [0.05, 0.1) is 21.5 Å². The van der Waals surface area contributed by atoms with E-state index in [4.69, 9.17) is 0 Å². The molecule has 1 saturated heterocycles. The normalized spacial score (nSPS) is 16.8. The molecule has 0 aromatic heterocycles. The zero-order valence-electron chi connectivity index (χ0n) is 14.7. The molecule has 0 atom stereocenters. The third kappa shape index (κ3) is 4.09. The van der Waals surface area contributed by atoms with Crippen LogP contribution in [0, 0.1) is 10.1 Å². The number of nitrogens with zero attached hydrogens (tertiary/aromatic N) is 3. The summed E-state index contributed by atoms with van der Waals surface area (Å²) >= 11 is 1.15. The number of rotatable bonds is 5. The van der Waals surface area contributed by atoms with Crippen molar-refractivity contribution in [2.45, 2.75) is 6.92 Å². The average molecular weight is 396 g/mol. The minimum absolute atomic E-state index is 0.0395. The van der Waals surface area contributed by atoms with E-state index >= 15 is 0 Å².